The highest BCUT2D eigenvalue weighted by molar-refractivity contribution is 5.77. The number of carbonyl (C=O) groups is 1. The Morgan fingerprint density at radius 3 is 2.65 bits per heavy atom. The molecule has 20 heavy (non-hydrogen) atoms. The van der Waals surface area contributed by atoms with Gasteiger partial charge in [-0.25, -0.2) is 0 Å². The molecule has 2 atom stereocenters. The summed E-state index contributed by atoms with van der Waals surface area (Å²) >= 11 is 0. The van der Waals surface area contributed by atoms with E-state index in [-0.39, 0.29) is 0 Å². The van der Waals surface area contributed by atoms with Crippen molar-refractivity contribution in [2.75, 3.05) is 19.6 Å². The lowest BCUT2D eigenvalue weighted by Gasteiger charge is -2.44. The fourth-order valence-corrected chi connectivity index (χ4v) is 3.78. The summed E-state index contributed by atoms with van der Waals surface area (Å²) in [6.07, 6.45) is 12.3. The van der Waals surface area contributed by atoms with Gasteiger partial charge in [-0.3, -0.25) is 4.79 Å². The number of nitrogens with zero attached hydrogens (tertiary/aromatic N) is 1. The van der Waals surface area contributed by atoms with Crippen LogP contribution in [0.3, 0.4) is 0 Å². The fraction of sp³-hybridized carbons (Fsp3) is 0.941. The molecule has 0 aromatic carbocycles. The highest BCUT2D eigenvalue weighted by Crippen LogP contribution is 2.28. The Balaban J connectivity index is 1.66. The lowest BCUT2D eigenvalue weighted by Crippen LogP contribution is -2.55. The first-order valence-corrected chi connectivity index (χ1v) is 8.83. The standard InChI is InChI=1S/C17H32N2O/c1-2-3-4-5-6-7-8-13-19-16-11-12-18-14-15(16)9-10-17(19)20/h15-16,18H,2-14H2,1H3. The average Bonchev–Trinajstić information content (AvgIpc) is 2.48. The molecular weight excluding hydrogens is 248 g/mol. The number of likely N-dealkylation sites (tertiary alicyclic amines) is 1. The first-order chi connectivity index (χ1) is 9.83. The molecule has 2 heterocycles. The second kappa shape index (κ2) is 8.66. The van der Waals surface area contributed by atoms with Gasteiger partial charge < -0.3 is 10.2 Å². The van der Waals surface area contributed by atoms with Crippen molar-refractivity contribution in [3.8, 4) is 0 Å². The van der Waals surface area contributed by atoms with Crippen molar-refractivity contribution in [1.29, 1.82) is 0 Å². The molecule has 2 unspecified atom stereocenters. The Bertz CT molecular complexity index is 293. The van der Waals surface area contributed by atoms with Crippen LogP contribution in [0, 0.1) is 5.92 Å². The molecule has 2 aliphatic heterocycles. The number of nitrogens with one attached hydrogen (secondary N) is 1. The van der Waals surface area contributed by atoms with Crippen LogP contribution in [0.15, 0.2) is 0 Å². The minimum absolute atomic E-state index is 0.416. The van der Waals surface area contributed by atoms with Crippen molar-refractivity contribution in [3.63, 3.8) is 0 Å². The number of unbranched alkanes of at least 4 members (excludes halogenated alkanes) is 6. The van der Waals surface area contributed by atoms with E-state index in [1.54, 1.807) is 0 Å². The van der Waals surface area contributed by atoms with E-state index in [1.165, 1.54) is 44.9 Å². The zero-order chi connectivity index (χ0) is 14.2. The molecule has 0 aromatic rings. The molecule has 2 aliphatic rings. The maximum atomic E-state index is 12.2. The van der Waals surface area contributed by atoms with Gasteiger partial charge in [-0.1, -0.05) is 45.4 Å². The van der Waals surface area contributed by atoms with E-state index in [0.29, 0.717) is 17.9 Å². The van der Waals surface area contributed by atoms with Gasteiger partial charge in [0.2, 0.25) is 5.91 Å². The van der Waals surface area contributed by atoms with E-state index >= 15 is 0 Å². The molecule has 3 heteroatoms. The molecule has 0 spiro atoms. The molecule has 3 nitrogen and oxygen atoms in total. The summed E-state index contributed by atoms with van der Waals surface area (Å²) in [6, 6.07) is 0.539. The predicted molar refractivity (Wildman–Crippen MR) is 83.7 cm³/mol. The molecule has 0 saturated carbocycles. The normalized spacial score (nSPS) is 26.6. The Labute approximate surface area is 124 Å². The maximum absolute atomic E-state index is 12.2. The second-order valence-electron chi connectivity index (χ2n) is 6.57. The monoisotopic (exact) mass is 280 g/mol. The molecule has 2 rings (SSSR count). The largest absolute Gasteiger partial charge is 0.339 e. The highest BCUT2D eigenvalue weighted by atomic mass is 16.2. The van der Waals surface area contributed by atoms with Crippen LogP contribution in [0.1, 0.15) is 71.1 Å². The van der Waals surface area contributed by atoms with Crippen molar-refractivity contribution < 1.29 is 4.79 Å². The quantitative estimate of drug-likeness (QED) is 0.692. The molecule has 2 fully saturated rings. The Kier molecular flexibility index (Phi) is 6.85. The lowest BCUT2D eigenvalue weighted by molar-refractivity contribution is -0.139. The van der Waals surface area contributed by atoms with Crippen LogP contribution in [0.2, 0.25) is 0 Å². The van der Waals surface area contributed by atoms with Crippen LogP contribution in [0.4, 0.5) is 0 Å². The Morgan fingerprint density at radius 1 is 1.10 bits per heavy atom. The van der Waals surface area contributed by atoms with E-state index in [9.17, 15) is 4.79 Å². The third kappa shape index (κ3) is 4.47. The van der Waals surface area contributed by atoms with Gasteiger partial charge in [0.1, 0.15) is 0 Å². The number of piperidine rings is 2. The molecule has 0 aliphatic carbocycles. The Hall–Kier alpha value is -0.570. The van der Waals surface area contributed by atoms with Gasteiger partial charge in [0, 0.05) is 19.0 Å². The summed E-state index contributed by atoms with van der Waals surface area (Å²) in [6.45, 7) is 5.47. The molecule has 0 aromatic heterocycles. The van der Waals surface area contributed by atoms with Gasteiger partial charge in [-0.2, -0.15) is 0 Å². The number of hydrogen-bond acceptors (Lipinski definition) is 2. The zero-order valence-electron chi connectivity index (χ0n) is 13.2. The van der Waals surface area contributed by atoms with E-state index in [4.69, 9.17) is 0 Å². The summed E-state index contributed by atoms with van der Waals surface area (Å²) in [4.78, 5) is 14.4. The van der Waals surface area contributed by atoms with Gasteiger partial charge in [0.25, 0.3) is 0 Å². The van der Waals surface area contributed by atoms with E-state index in [0.717, 1.165) is 38.9 Å². The van der Waals surface area contributed by atoms with Crippen LogP contribution >= 0.6 is 0 Å². The molecule has 0 bridgehead atoms. The van der Waals surface area contributed by atoms with E-state index in [1.807, 2.05) is 0 Å². The van der Waals surface area contributed by atoms with Gasteiger partial charge in [0.15, 0.2) is 0 Å². The van der Waals surface area contributed by atoms with Crippen molar-refractivity contribution in [2.45, 2.75) is 77.2 Å². The minimum atomic E-state index is 0.416. The van der Waals surface area contributed by atoms with Gasteiger partial charge >= 0.3 is 0 Å². The Morgan fingerprint density at radius 2 is 1.85 bits per heavy atom. The molecule has 2 saturated heterocycles. The highest BCUT2D eigenvalue weighted by Gasteiger charge is 2.36. The third-order valence-electron chi connectivity index (χ3n) is 5.02. The molecule has 1 amide bonds. The predicted octanol–water partition coefficient (Wildman–Crippen LogP) is 3.34. The number of rotatable bonds is 8. The average molecular weight is 280 g/mol. The van der Waals surface area contributed by atoms with Crippen LogP contribution in [-0.4, -0.2) is 36.5 Å². The van der Waals surface area contributed by atoms with E-state index < -0.39 is 0 Å². The van der Waals surface area contributed by atoms with Gasteiger partial charge in [0.05, 0.1) is 0 Å². The first kappa shape index (κ1) is 15.8. The molecular formula is C17H32N2O. The van der Waals surface area contributed by atoms with Crippen molar-refractivity contribution >= 4 is 5.91 Å². The maximum Gasteiger partial charge on any atom is 0.222 e. The lowest BCUT2D eigenvalue weighted by atomic mass is 9.84. The topological polar surface area (TPSA) is 32.3 Å². The van der Waals surface area contributed by atoms with Crippen LogP contribution < -0.4 is 5.32 Å². The summed E-state index contributed by atoms with van der Waals surface area (Å²) in [7, 11) is 0. The van der Waals surface area contributed by atoms with E-state index in [2.05, 4.69) is 17.1 Å². The zero-order valence-corrected chi connectivity index (χ0v) is 13.2. The molecule has 0 radical (unpaired) electrons. The molecule has 1 N–H and O–H groups in total. The fourth-order valence-electron chi connectivity index (χ4n) is 3.78. The first-order valence-electron chi connectivity index (χ1n) is 8.83. The third-order valence-corrected chi connectivity index (χ3v) is 5.02. The SMILES string of the molecule is CCCCCCCCCN1C(=O)CCC2CNCCC21. The van der Waals surface area contributed by atoms with Crippen molar-refractivity contribution in [2.24, 2.45) is 5.92 Å². The van der Waals surface area contributed by atoms with Crippen LogP contribution in [0.25, 0.3) is 0 Å². The minimum Gasteiger partial charge on any atom is -0.339 e. The molecule has 116 valence electrons. The number of amides is 1. The van der Waals surface area contributed by atoms with Crippen molar-refractivity contribution in [1.82, 2.24) is 10.2 Å². The van der Waals surface area contributed by atoms with Gasteiger partial charge in [-0.05, 0) is 38.3 Å². The number of hydrogen-bond donors (Lipinski definition) is 1. The summed E-state index contributed by atoms with van der Waals surface area (Å²) in [5.74, 6) is 1.13. The number of carbonyl (C=O) groups excluding carboxylic acids is 1. The van der Waals surface area contributed by atoms with Crippen molar-refractivity contribution in [3.05, 3.63) is 0 Å². The summed E-state index contributed by atoms with van der Waals surface area (Å²) in [5, 5.41) is 3.48. The van der Waals surface area contributed by atoms with Crippen LogP contribution in [-0.2, 0) is 4.79 Å². The number of fused-ring (bicyclic) bond motifs is 1. The smallest absolute Gasteiger partial charge is 0.222 e. The van der Waals surface area contributed by atoms with Gasteiger partial charge in [-0.15, -0.1) is 0 Å². The summed E-state index contributed by atoms with van der Waals surface area (Å²) in [5.41, 5.74) is 0. The summed E-state index contributed by atoms with van der Waals surface area (Å²) < 4.78 is 0. The second-order valence-corrected chi connectivity index (χ2v) is 6.57. The van der Waals surface area contributed by atoms with Crippen LogP contribution in [0.5, 0.6) is 0 Å².